The van der Waals surface area contributed by atoms with Crippen LogP contribution in [0.4, 0.5) is 5.69 Å². The van der Waals surface area contributed by atoms with Gasteiger partial charge in [0.2, 0.25) is 17.7 Å². The third-order valence-electron chi connectivity index (χ3n) is 3.07. The number of thioether (sulfide) groups is 1. The van der Waals surface area contributed by atoms with Crippen molar-refractivity contribution >= 4 is 51.1 Å². The molecular formula is C14H16BrN3O3S. The van der Waals surface area contributed by atoms with Gasteiger partial charge in [-0.25, -0.2) is 0 Å². The number of carbonyl (C=O) groups excluding carboxylic acids is 3. The van der Waals surface area contributed by atoms with Crippen LogP contribution in [0.2, 0.25) is 0 Å². The van der Waals surface area contributed by atoms with Crippen molar-refractivity contribution in [2.45, 2.75) is 6.92 Å². The number of benzene rings is 1. The highest BCUT2D eigenvalue weighted by Gasteiger charge is 2.22. The molecule has 1 aromatic carbocycles. The first-order chi connectivity index (χ1) is 10.5. The highest BCUT2D eigenvalue weighted by molar-refractivity contribution is 9.10. The number of amides is 3. The van der Waals surface area contributed by atoms with Crippen LogP contribution in [0.15, 0.2) is 22.7 Å². The summed E-state index contributed by atoms with van der Waals surface area (Å²) in [6.45, 7) is 1.76. The van der Waals surface area contributed by atoms with E-state index in [-0.39, 0.29) is 30.8 Å². The summed E-state index contributed by atoms with van der Waals surface area (Å²) in [5.41, 5.74) is 1.63. The number of aryl methyl sites for hydroxylation is 1. The monoisotopic (exact) mass is 385 g/mol. The standard InChI is InChI=1S/C14H16BrN3O3S/c1-9-4-10(15)2-3-11(9)17-12(19)5-16-13(20)6-18-8-22-7-14(18)21/h2-4H,5-8H2,1H3,(H,16,20)(H,17,19). The first-order valence-electron chi connectivity index (χ1n) is 6.64. The highest BCUT2D eigenvalue weighted by atomic mass is 79.9. The van der Waals surface area contributed by atoms with Gasteiger partial charge in [-0.2, -0.15) is 0 Å². The third kappa shape index (κ3) is 4.74. The van der Waals surface area contributed by atoms with Gasteiger partial charge in [0.1, 0.15) is 6.54 Å². The molecule has 1 fully saturated rings. The average Bonchev–Trinajstić information content (AvgIpc) is 2.85. The Bertz CT molecular complexity index is 609. The molecule has 1 heterocycles. The van der Waals surface area contributed by atoms with E-state index in [9.17, 15) is 14.4 Å². The van der Waals surface area contributed by atoms with Crippen molar-refractivity contribution in [3.63, 3.8) is 0 Å². The summed E-state index contributed by atoms with van der Waals surface area (Å²) in [6, 6.07) is 5.52. The largest absolute Gasteiger partial charge is 0.345 e. The van der Waals surface area contributed by atoms with E-state index in [0.717, 1.165) is 10.0 Å². The van der Waals surface area contributed by atoms with Gasteiger partial charge in [0.25, 0.3) is 0 Å². The van der Waals surface area contributed by atoms with E-state index in [4.69, 9.17) is 0 Å². The fraction of sp³-hybridized carbons (Fsp3) is 0.357. The lowest BCUT2D eigenvalue weighted by atomic mass is 10.2. The minimum Gasteiger partial charge on any atom is -0.345 e. The summed E-state index contributed by atoms with van der Waals surface area (Å²) in [6.07, 6.45) is 0. The fourth-order valence-electron chi connectivity index (χ4n) is 1.91. The van der Waals surface area contributed by atoms with Gasteiger partial charge in [0.05, 0.1) is 18.2 Å². The minimum atomic E-state index is -0.335. The van der Waals surface area contributed by atoms with Gasteiger partial charge in [0, 0.05) is 10.2 Å². The van der Waals surface area contributed by atoms with Gasteiger partial charge in [-0.1, -0.05) is 15.9 Å². The van der Waals surface area contributed by atoms with Crippen LogP contribution in [0.25, 0.3) is 0 Å². The summed E-state index contributed by atoms with van der Waals surface area (Å²) in [5, 5.41) is 5.25. The first kappa shape index (κ1) is 16.8. The van der Waals surface area contributed by atoms with Gasteiger partial charge in [-0.15, -0.1) is 11.8 Å². The smallest absolute Gasteiger partial charge is 0.243 e. The number of halogens is 1. The second kappa shape index (κ2) is 7.64. The predicted molar refractivity (Wildman–Crippen MR) is 89.6 cm³/mol. The topological polar surface area (TPSA) is 78.5 Å². The molecule has 118 valence electrons. The van der Waals surface area contributed by atoms with E-state index in [0.29, 0.717) is 17.3 Å². The molecule has 1 saturated heterocycles. The molecule has 0 aromatic heterocycles. The molecule has 0 atom stereocenters. The van der Waals surface area contributed by atoms with Crippen molar-refractivity contribution in [1.82, 2.24) is 10.2 Å². The summed E-state index contributed by atoms with van der Waals surface area (Å²) >= 11 is 4.83. The Morgan fingerprint density at radius 3 is 2.77 bits per heavy atom. The maximum absolute atomic E-state index is 11.8. The van der Waals surface area contributed by atoms with Gasteiger partial charge < -0.3 is 15.5 Å². The zero-order chi connectivity index (χ0) is 16.1. The van der Waals surface area contributed by atoms with E-state index in [1.165, 1.54) is 16.7 Å². The number of hydrogen-bond acceptors (Lipinski definition) is 4. The second-order valence-electron chi connectivity index (χ2n) is 4.85. The zero-order valence-electron chi connectivity index (χ0n) is 12.0. The van der Waals surface area contributed by atoms with Crippen LogP contribution in [-0.4, -0.2) is 47.3 Å². The Balaban J connectivity index is 1.77. The normalized spacial score (nSPS) is 14.1. The Morgan fingerprint density at radius 2 is 2.14 bits per heavy atom. The lowest BCUT2D eigenvalue weighted by Crippen LogP contribution is -2.41. The molecule has 2 rings (SSSR count). The Morgan fingerprint density at radius 1 is 1.36 bits per heavy atom. The van der Waals surface area contributed by atoms with Crippen molar-refractivity contribution < 1.29 is 14.4 Å². The first-order valence-corrected chi connectivity index (χ1v) is 8.58. The average molecular weight is 386 g/mol. The number of anilines is 1. The van der Waals surface area contributed by atoms with Gasteiger partial charge in [-0.05, 0) is 30.7 Å². The molecule has 2 N–H and O–H groups in total. The van der Waals surface area contributed by atoms with Crippen LogP contribution in [0.5, 0.6) is 0 Å². The Hall–Kier alpha value is -1.54. The van der Waals surface area contributed by atoms with E-state index in [2.05, 4.69) is 26.6 Å². The van der Waals surface area contributed by atoms with Crippen molar-refractivity contribution in [2.24, 2.45) is 0 Å². The van der Waals surface area contributed by atoms with Gasteiger partial charge in [0.15, 0.2) is 0 Å². The van der Waals surface area contributed by atoms with Crippen molar-refractivity contribution in [3.05, 3.63) is 28.2 Å². The van der Waals surface area contributed by atoms with Crippen LogP contribution in [0.1, 0.15) is 5.56 Å². The maximum atomic E-state index is 11.8. The third-order valence-corrected chi connectivity index (χ3v) is 4.51. The molecule has 1 aliphatic heterocycles. The minimum absolute atomic E-state index is 0.00355. The second-order valence-corrected chi connectivity index (χ2v) is 6.72. The molecule has 0 spiro atoms. The van der Waals surface area contributed by atoms with Crippen LogP contribution in [0.3, 0.4) is 0 Å². The molecule has 0 unspecified atom stereocenters. The predicted octanol–water partition coefficient (Wildman–Crippen LogP) is 1.35. The molecule has 0 aliphatic carbocycles. The summed E-state index contributed by atoms with van der Waals surface area (Å²) in [7, 11) is 0. The number of nitrogens with one attached hydrogen (secondary N) is 2. The lowest BCUT2D eigenvalue weighted by Gasteiger charge is -2.14. The maximum Gasteiger partial charge on any atom is 0.243 e. The van der Waals surface area contributed by atoms with E-state index >= 15 is 0 Å². The molecule has 0 radical (unpaired) electrons. The Labute approximate surface area is 141 Å². The SMILES string of the molecule is Cc1cc(Br)ccc1NC(=O)CNC(=O)CN1CSCC1=O. The molecule has 0 bridgehead atoms. The van der Waals surface area contributed by atoms with E-state index in [1.54, 1.807) is 6.07 Å². The number of rotatable bonds is 5. The van der Waals surface area contributed by atoms with Crippen LogP contribution in [-0.2, 0) is 14.4 Å². The summed E-state index contributed by atoms with van der Waals surface area (Å²) in [4.78, 5) is 36.4. The van der Waals surface area contributed by atoms with E-state index < -0.39 is 0 Å². The number of nitrogens with zero attached hydrogens (tertiary/aromatic N) is 1. The number of hydrogen-bond donors (Lipinski definition) is 2. The lowest BCUT2D eigenvalue weighted by molar-refractivity contribution is -0.132. The van der Waals surface area contributed by atoms with E-state index in [1.807, 2.05) is 19.1 Å². The van der Waals surface area contributed by atoms with Gasteiger partial charge >= 0.3 is 0 Å². The quantitative estimate of drug-likeness (QED) is 0.801. The van der Waals surface area contributed by atoms with Crippen LogP contribution in [0, 0.1) is 6.92 Å². The number of carbonyl (C=O) groups is 3. The molecule has 1 aromatic rings. The molecule has 1 aliphatic rings. The zero-order valence-corrected chi connectivity index (χ0v) is 14.4. The van der Waals surface area contributed by atoms with Gasteiger partial charge in [-0.3, -0.25) is 14.4 Å². The van der Waals surface area contributed by atoms with Crippen LogP contribution >= 0.6 is 27.7 Å². The highest BCUT2D eigenvalue weighted by Crippen LogP contribution is 2.19. The summed E-state index contributed by atoms with van der Waals surface area (Å²) in [5.74, 6) is 0.252. The molecule has 8 heteroatoms. The van der Waals surface area contributed by atoms with Crippen molar-refractivity contribution in [3.8, 4) is 0 Å². The van der Waals surface area contributed by atoms with Crippen molar-refractivity contribution in [2.75, 3.05) is 30.0 Å². The molecule has 0 saturated carbocycles. The Kier molecular flexibility index (Phi) is 5.84. The molecular weight excluding hydrogens is 370 g/mol. The fourth-order valence-corrected chi connectivity index (χ4v) is 3.29. The van der Waals surface area contributed by atoms with Crippen LogP contribution < -0.4 is 10.6 Å². The molecule has 22 heavy (non-hydrogen) atoms. The summed E-state index contributed by atoms with van der Waals surface area (Å²) < 4.78 is 0.935. The molecule has 6 nitrogen and oxygen atoms in total. The van der Waals surface area contributed by atoms with Crippen molar-refractivity contribution in [1.29, 1.82) is 0 Å². The molecule has 3 amide bonds.